The number of aliphatic hydroxyl groups is 1. The van der Waals surface area contributed by atoms with E-state index in [1.165, 1.54) is 11.1 Å². The zero-order valence-electron chi connectivity index (χ0n) is 18.9. The Balaban J connectivity index is 1.45. The van der Waals surface area contributed by atoms with Gasteiger partial charge in [0.2, 0.25) is 0 Å². The van der Waals surface area contributed by atoms with Gasteiger partial charge in [-0.15, -0.1) is 0 Å². The van der Waals surface area contributed by atoms with Gasteiger partial charge in [0, 0.05) is 31.5 Å². The summed E-state index contributed by atoms with van der Waals surface area (Å²) in [7, 11) is 0. The number of aromatic amines is 1. The van der Waals surface area contributed by atoms with E-state index in [9.17, 15) is 9.90 Å². The molecule has 1 unspecified atom stereocenters. The number of carbonyl (C=O) groups is 1. The number of ether oxygens (including phenoxy) is 1. The SMILES string of the molecule is CC/C=C(/C)OCC(=O)N1CCC(C(CO)N2CCC(c3c[nH]cc3C)CC2)CC1. The fourth-order valence-electron chi connectivity index (χ4n) is 5.15. The average molecular weight is 418 g/mol. The molecule has 0 radical (unpaired) electrons. The van der Waals surface area contributed by atoms with E-state index in [4.69, 9.17) is 4.74 Å². The number of hydrogen-bond donors (Lipinski definition) is 2. The average Bonchev–Trinajstić information content (AvgIpc) is 3.19. The van der Waals surface area contributed by atoms with Crippen LogP contribution in [0.15, 0.2) is 24.2 Å². The third kappa shape index (κ3) is 5.67. The quantitative estimate of drug-likeness (QED) is 0.636. The summed E-state index contributed by atoms with van der Waals surface area (Å²) in [6, 6.07) is 0.210. The topological polar surface area (TPSA) is 68.8 Å². The van der Waals surface area contributed by atoms with Gasteiger partial charge in [-0.25, -0.2) is 0 Å². The van der Waals surface area contributed by atoms with E-state index >= 15 is 0 Å². The Morgan fingerprint density at radius 3 is 2.50 bits per heavy atom. The monoisotopic (exact) mass is 417 g/mol. The van der Waals surface area contributed by atoms with Crippen molar-refractivity contribution >= 4 is 5.91 Å². The highest BCUT2D eigenvalue weighted by molar-refractivity contribution is 5.77. The molecule has 1 atom stereocenters. The second-order valence-corrected chi connectivity index (χ2v) is 8.88. The zero-order valence-corrected chi connectivity index (χ0v) is 18.9. The Kier molecular flexibility index (Phi) is 8.40. The van der Waals surface area contributed by atoms with Gasteiger partial charge in [0.05, 0.1) is 12.4 Å². The van der Waals surface area contributed by atoms with Crippen molar-refractivity contribution in [1.29, 1.82) is 0 Å². The van der Waals surface area contributed by atoms with Crippen LogP contribution in [0, 0.1) is 12.8 Å². The van der Waals surface area contributed by atoms with E-state index in [0.29, 0.717) is 11.8 Å². The third-order valence-corrected chi connectivity index (χ3v) is 6.97. The molecule has 3 heterocycles. The van der Waals surface area contributed by atoms with E-state index in [0.717, 1.165) is 64.0 Å². The number of rotatable bonds is 8. The van der Waals surface area contributed by atoms with Crippen molar-refractivity contribution in [2.75, 3.05) is 39.4 Å². The molecule has 168 valence electrons. The zero-order chi connectivity index (χ0) is 21.5. The molecule has 0 aliphatic carbocycles. The van der Waals surface area contributed by atoms with Crippen LogP contribution < -0.4 is 0 Å². The minimum absolute atomic E-state index is 0.0699. The lowest BCUT2D eigenvalue weighted by Gasteiger charge is -2.43. The van der Waals surface area contributed by atoms with Gasteiger partial charge >= 0.3 is 0 Å². The summed E-state index contributed by atoms with van der Waals surface area (Å²) in [5.41, 5.74) is 2.81. The number of carbonyl (C=O) groups excluding carboxylic acids is 1. The van der Waals surface area contributed by atoms with Crippen LogP contribution in [0.2, 0.25) is 0 Å². The van der Waals surface area contributed by atoms with Crippen LogP contribution in [0.4, 0.5) is 0 Å². The minimum Gasteiger partial charge on any atom is -0.489 e. The van der Waals surface area contributed by atoms with Gasteiger partial charge in [-0.1, -0.05) is 6.92 Å². The summed E-state index contributed by atoms with van der Waals surface area (Å²) in [5, 5.41) is 10.1. The summed E-state index contributed by atoms with van der Waals surface area (Å²) >= 11 is 0. The highest BCUT2D eigenvalue weighted by atomic mass is 16.5. The lowest BCUT2D eigenvalue weighted by molar-refractivity contribution is -0.136. The number of aromatic nitrogens is 1. The van der Waals surface area contributed by atoms with Crippen molar-refractivity contribution < 1.29 is 14.6 Å². The largest absolute Gasteiger partial charge is 0.489 e. The molecule has 2 N–H and O–H groups in total. The lowest BCUT2D eigenvalue weighted by atomic mass is 9.84. The van der Waals surface area contributed by atoms with E-state index in [1.54, 1.807) is 0 Å². The molecule has 3 rings (SSSR count). The molecule has 6 nitrogen and oxygen atoms in total. The molecule has 1 amide bonds. The van der Waals surface area contributed by atoms with Gasteiger partial charge in [0.25, 0.3) is 5.91 Å². The number of hydrogen-bond acceptors (Lipinski definition) is 4. The van der Waals surface area contributed by atoms with Crippen molar-refractivity contribution in [3.05, 3.63) is 35.4 Å². The van der Waals surface area contributed by atoms with E-state index in [-0.39, 0.29) is 25.2 Å². The first-order chi connectivity index (χ1) is 14.5. The molecule has 2 aliphatic heterocycles. The maximum Gasteiger partial charge on any atom is 0.260 e. The Morgan fingerprint density at radius 1 is 1.23 bits per heavy atom. The summed E-state index contributed by atoms with van der Waals surface area (Å²) < 4.78 is 5.56. The fourth-order valence-corrected chi connectivity index (χ4v) is 5.15. The van der Waals surface area contributed by atoms with Crippen LogP contribution in [-0.2, 0) is 9.53 Å². The van der Waals surface area contributed by atoms with Gasteiger partial charge in [-0.05, 0) is 88.1 Å². The molecule has 0 bridgehead atoms. The molecule has 30 heavy (non-hydrogen) atoms. The number of piperidine rings is 2. The third-order valence-electron chi connectivity index (χ3n) is 6.97. The molecule has 2 fully saturated rings. The lowest BCUT2D eigenvalue weighted by Crippen LogP contribution is -2.51. The second-order valence-electron chi connectivity index (χ2n) is 8.88. The number of nitrogens with one attached hydrogen (secondary N) is 1. The van der Waals surface area contributed by atoms with Gasteiger partial charge in [-0.3, -0.25) is 9.69 Å². The molecule has 0 saturated carbocycles. The van der Waals surface area contributed by atoms with Crippen molar-refractivity contribution in [2.24, 2.45) is 5.92 Å². The Labute approximate surface area is 181 Å². The van der Waals surface area contributed by atoms with Gasteiger partial charge in [0.1, 0.15) is 0 Å². The molecule has 2 aliphatic rings. The highest BCUT2D eigenvalue weighted by Gasteiger charge is 2.34. The summed E-state index contributed by atoms with van der Waals surface area (Å²) in [4.78, 5) is 20.1. The highest BCUT2D eigenvalue weighted by Crippen LogP contribution is 2.33. The maximum atomic E-state index is 12.4. The second kappa shape index (κ2) is 11.0. The Morgan fingerprint density at radius 2 is 1.93 bits per heavy atom. The van der Waals surface area contributed by atoms with Crippen LogP contribution in [0.1, 0.15) is 63.0 Å². The smallest absolute Gasteiger partial charge is 0.260 e. The van der Waals surface area contributed by atoms with Crippen LogP contribution in [0.5, 0.6) is 0 Å². The first-order valence-corrected chi connectivity index (χ1v) is 11.6. The number of allylic oxidation sites excluding steroid dienone is 2. The molecule has 0 spiro atoms. The standard InChI is InChI=1S/C24H39N3O3/c1-4-5-19(3)30-17-24(29)27-12-8-21(9-13-27)23(16-28)26-10-6-20(7-11-26)22-15-25-14-18(22)2/h5,14-15,20-21,23,25,28H,4,6-13,16-17H2,1-3H3/b19-5-. The molecular weight excluding hydrogens is 378 g/mol. The Hall–Kier alpha value is -1.79. The number of H-pyrrole nitrogens is 1. The van der Waals surface area contributed by atoms with Crippen LogP contribution in [0.3, 0.4) is 0 Å². The van der Waals surface area contributed by atoms with Crippen LogP contribution in [-0.4, -0.2) is 71.2 Å². The number of aryl methyl sites for hydroxylation is 1. The summed E-state index contributed by atoms with van der Waals surface area (Å²) in [6.07, 6.45) is 11.3. The molecule has 0 aromatic carbocycles. The van der Waals surface area contributed by atoms with Crippen LogP contribution >= 0.6 is 0 Å². The number of amides is 1. The summed E-state index contributed by atoms with van der Waals surface area (Å²) in [6.45, 7) is 10.1. The van der Waals surface area contributed by atoms with Gasteiger partial charge in [-0.2, -0.15) is 0 Å². The molecule has 1 aromatic rings. The van der Waals surface area contributed by atoms with Crippen LogP contribution in [0.25, 0.3) is 0 Å². The summed E-state index contributed by atoms with van der Waals surface area (Å²) in [5.74, 6) is 1.96. The minimum atomic E-state index is 0.0699. The molecule has 1 aromatic heterocycles. The maximum absolute atomic E-state index is 12.4. The number of nitrogens with zero attached hydrogens (tertiary/aromatic N) is 2. The van der Waals surface area contributed by atoms with Crippen molar-refractivity contribution in [3.63, 3.8) is 0 Å². The fraction of sp³-hybridized carbons (Fsp3) is 0.708. The van der Waals surface area contributed by atoms with E-state index in [1.807, 2.05) is 17.9 Å². The molecule has 2 saturated heterocycles. The number of likely N-dealkylation sites (tertiary alicyclic amines) is 2. The normalized spacial score (nSPS) is 21.1. The van der Waals surface area contributed by atoms with Crippen molar-refractivity contribution in [3.8, 4) is 0 Å². The first kappa shape index (κ1) is 22.9. The van der Waals surface area contributed by atoms with Crippen molar-refractivity contribution in [2.45, 2.75) is 64.8 Å². The predicted octanol–water partition coefficient (Wildman–Crippen LogP) is 3.43. The van der Waals surface area contributed by atoms with Gasteiger partial charge in [0.15, 0.2) is 6.61 Å². The molecular formula is C24H39N3O3. The molecule has 6 heteroatoms. The van der Waals surface area contributed by atoms with Gasteiger partial charge < -0.3 is 19.7 Å². The predicted molar refractivity (Wildman–Crippen MR) is 119 cm³/mol. The number of aliphatic hydroxyl groups excluding tert-OH is 1. The Bertz CT molecular complexity index is 698. The van der Waals surface area contributed by atoms with Crippen molar-refractivity contribution in [1.82, 2.24) is 14.8 Å². The first-order valence-electron chi connectivity index (χ1n) is 11.6. The van der Waals surface area contributed by atoms with E-state index in [2.05, 4.69) is 36.1 Å². The van der Waals surface area contributed by atoms with E-state index < -0.39 is 0 Å².